The van der Waals surface area contributed by atoms with Gasteiger partial charge in [-0.1, -0.05) is 13.8 Å². The van der Waals surface area contributed by atoms with Gasteiger partial charge in [0.15, 0.2) is 6.29 Å². The van der Waals surface area contributed by atoms with Crippen molar-refractivity contribution in [2.75, 3.05) is 0 Å². The minimum Gasteiger partial charge on any atom is -0.345 e. The zero-order chi connectivity index (χ0) is 11.0. The van der Waals surface area contributed by atoms with Gasteiger partial charge in [-0.15, -0.1) is 0 Å². The van der Waals surface area contributed by atoms with Crippen molar-refractivity contribution in [1.82, 2.24) is 15.0 Å². The number of hydrogen-bond acceptors (Lipinski definition) is 3. The SMILES string of the molecule is Cc1nc(C(C)C)c2c(C=O)c[nH]c2n1. The molecule has 2 heterocycles. The third-order valence-corrected chi connectivity index (χ3v) is 2.38. The van der Waals surface area contributed by atoms with Gasteiger partial charge in [-0.05, 0) is 12.8 Å². The molecule has 2 rings (SSSR count). The van der Waals surface area contributed by atoms with Crippen LogP contribution in [0.5, 0.6) is 0 Å². The third kappa shape index (κ3) is 1.52. The maximum Gasteiger partial charge on any atom is 0.152 e. The van der Waals surface area contributed by atoms with Crippen molar-refractivity contribution in [3.63, 3.8) is 0 Å². The Hall–Kier alpha value is -1.71. The van der Waals surface area contributed by atoms with Gasteiger partial charge in [0.25, 0.3) is 0 Å². The van der Waals surface area contributed by atoms with Gasteiger partial charge in [-0.2, -0.15) is 0 Å². The van der Waals surface area contributed by atoms with Crippen molar-refractivity contribution < 1.29 is 4.79 Å². The first-order valence-corrected chi connectivity index (χ1v) is 4.94. The Morgan fingerprint density at radius 1 is 1.40 bits per heavy atom. The molecule has 2 aromatic rings. The van der Waals surface area contributed by atoms with E-state index >= 15 is 0 Å². The molecule has 78 valence electrons. The zero-order valence-corrected chi connectivity index (χ0v) is 9.03. The van der Waals surface area contributed by atoms with Crippen molar-refractivity contribution in [2.24, 2.45) is 0 Å². The highest BCUT2D eigenvalue weighted by Crippen LogP contribution is 2.24. The summed E-state index contributed by atoms with van der Waals surface area (Å²) < 4.78 is 0. The van der Waals surface area contributed by atoms with Crippen LogP contribution in [0, 0.1) is 6.92 Å². The highest BCUT2D eigenvalue weighted by atomic mass is 16.1. The minimum atomic E-state index is 0.281. The van der Waals surface area contributed by atoms with Crippen LogP contribution in [-0.2, 0) is 0 Å². The second-order valence-electron chi connectivity index (χ2n) is 3.90. The standard InChI is InChI=1S/C11H13N3O/c1-6(2)10-9-8(5-15)4-12-11(9)14-7(3)13-10/h4-6H,1-3H3,(H,12,13,14). The topological polar surface area (TPSA) is 58.6 Å². The Morgan fingerprint density at radius 2 is 2.13 bits per heavy atom. The van der Waals surface area contributed by atoms with E-state index in [0.717, 1.165) is 28.8 Å². The van der Waals surface area contributed by atoms with Crippen LogP contribution in [0.4, 0.5) is 0 Å². The molecule has 0 aromatic carbocycles. The molecule has 0 aliphatic carbocycles. The average molecular weight is 203 g/mol. The predicted octanol–water partition coefficient (Wildman–Crippen LogP) is 2.20. The smallest absolute Gasteiger partial charge is 0.152 e. The summed E-state index contributed by atoms with van der Waals surface area (Å²) in [4.78, 5) is 22.5. The molecule has 0 bridgehead atoms. The number of hydrogen-bond donors (Lipinski definition) is 1. The molecule has 0 atom stereocenters. The summed E-state index contributed by atoms with van der Waals surface area (Å²) in [5, 5.41) is 0.852. The van der Waals surface area contributed by atoms with Gasteiger partial charge in [-0.3, -0.25) is 4.79 Å². The van der Waals surface area contributed by atoms with E-state index in [-0.39, 0.29) is 5.92 Å². The number of aromatic amines is 1. The first kappa shape index (κ1) is 9.83. The molecule has 2 aromatic heterocycles. The normalized spacial score (nSPS) is 11.2. The van der Waals surface area contributed by atoms with Gasteiger partial charge >= 0.3 is 0 Å². The Kier molecular flexibility index (Phi) is 2.26. The van der Waals surface area contributed by atoms with E-state index < -0.39 is 0 Å². The van der Waals surface area contributed by atoms with Crippen LogP contribution in [0.15, 0.2) is 6.20 Å². The highest BCUT2D eigenvalue weighted by molar-refractivity contribution is 5.97. The molecule has 0 radical (unpaired) electrons. The van der Waals surface area contributed by atoms with E-state index in [2.05, 4.69) is 28.8 Å². The molecular weight excluding hydrogens is 190 g/mol. The van der Waals surface area contributed by atoms with Crippen LogP contribution >= 0.6 is 0 Å². The number of nitrogens with zero attached hydrogens (tertiary/aromatic N) is 2. The van der Waals surface area contributed by atoms with Crippen molar-refractivity contribution in [3.05, 3.63) is 23.3 Å². The van der Waals surface area contributed by atoms with Gasteiger partial charge in [-0.25, -0.2) is 9.97 Å². The van der Waals surface area contributed by atoms with Crippen LogP contribution in [0.25, 0.3) is 11.0 Å². The molecule has 15 heavy (non-hydrogen) atoms. The van der Waals surface area contributed by atoms with Gasteiger partial charge in [0.2, 0.25) is 0 Å². The van der Waals surface area contributed by atoms with E-state index in [9.17, 15) is 4.79 Å². The molecule has 1 N–H and O–H groups in total. The Morgan fingerprint density at radius 3 is 2.73 bits per heavy atom. The average Bonchev–Trinajstić information content (AvgIpc) is 2.58. The summed E-state index contributed by atoms with van der Waals surface area (Å²) in [5.41, 5.74) is 2.31. The number of aldehydes is 1. The first-order chi connectivity index (χ1) is 7.13. The molecule has 0 spiro atoms. The summed E-state index contributed by atoms with van der Waals surface area (Å²) in [7, 11) is 0. The van der Waals surface area contributed by atoms with Crippen LogP contribution < -0.4 is 0 Å². The zero-order valence-electron chi connectivity index (χ0n) is 9.03. The first-order valence-electron chi connectivity index (χ1n) is 4.94. The molecule has 0 saturated carbocycles. The molecule has 0 unspecified atom stereocenters. The summed E-state index contributed by atoms with van der Waals surface area (Å²) >= 11 is 0. The quantitative estimate of drug-likeness (QED) is 0.761. The molecular formula is C11H13N3O. The molecule has 0 aliphatic heterocycles. The number of carbonyl (C=O) groups excluding carboxylic acids is 1. The third-order valence-electron chi connectivity index (χ3n) is 2.38. The second-order valence-corrected chi connectivity index (χ2v) is 3.90. The number of rotatable bonds is 2. The lowest BCUT2D eigenvalue weighted by Crippen LogP contribution is -1.99. The van der Waals surface area contributed by atoms with E-state index in [1.54, 1.807) is 6.20 Å². The maximum absolute atomic E-state index is 10.9. The molecule has 0 fully saturated rings. The molecule has 0 saturated heterocycles. The van der Waals surface area contributed by atoms with Crippen LogP contribution in [0.2, 0.25) is 0 Å². The number of nitrogens with one attached hydrogen (secondary N) is 1. The monoisotopic (exact) mass is 203 g/mol. The molecule has 0 amide bonds. The summed E-state index contributed by atoms with van der Waals surface area (Å²) in [5.74, 6) is 1.01. The molecule has 4 nitrogen and oxygen atoms in total. The van der Waals surface area contributed by atoms with Gasteiger partial charge in [0.05, 0.1) is 11.1 Å². The Labute approximate surface area is 87.7 Å². The van der Waals surface area contributed by atoms with Crippen LogP contribution in [-0.4, -0.2) is 21.2 Å². The Balaban J connectivity index is 2.85. The van der Waals surface area contributed by atoms with E-state index in [1.165, 1.54) is 0 Å². The largest absolute Gasteiger partial charge is 0.345 e. The molecule has 4 heteroatoms. The summed E-state index contributed by atoms with van der Waals surface area (Å²) in [6.45, 7) is 5.97. The van der Waals surface area contributed by atoms with Crippen molar-refractivity contribution in [1.29, 1.82) is 0 Å². The highest BCUT2D eigenvalue weighted by Gasteiger charge is 2.14. The van der Waals surface area contributed by atoms with Gasteiger partial charge in [0, 0.05) is 11.8 Å². The van der Waals surface area contributed by atoms with Crippen molar-refractivity contribution >= 4 is 17.3 Å². The lowest BCUT2D eigenvalue weighted by atomic mass is 10.0. The lowest BCUT2D eigenvalue weighted by molar-refractivity contribution is 0.112. The fraction of sp³-hybridized carbons (Fsp3) is 0.364. The van der Waals surface area contributed by atoms with Crippen molar-refractivity contribution in [3.8, 4) is 0 Å². The van der Waals surface area contributed by atoms with Gasteiger partial charge in [0.1, 0.15) is 11.5 Å². The predicted molar refractivity (Wildman–Crippen MR) is 58.1 cm³/mol. The number of aromatic nitrogens is 3. The van der Waals surface area contributed by atoms with E-state index in [0.29, 0.717) is 5.56 Å². The Bertz CT molecular complexity index is 514. The van der Waals surface area contributed by atoms with Crippen LogP contribution in [0.1, 0.15) is 41.6 Å². The minimum absolute atomic E-state index is 0.281. The fourth-order valence-corrected chi connectivity index (χ4v) is 1.71. The van der Waals surface area contributed by atoms with E-state index in [4.69, 9.17) is 0 Å². The van der Waals surface area contributed by atoms with Crippen molar-refractivity contribution in [2.45, 2.75) is 26.7 Å². The fourth-order valence-electron chi connectivity index (χ4n) is 1.71. The number of aryl methyl sites for hydroxylation is 1. The summed E-state index contributed by atoms with van der Waals surface area (Å²) in [6, 6.07) is 0. The van der Waals surface area contributed by atoms with Gasteiger partial charge < -0.3 is 4.98 Å². The number of carbonyl (C=O) groups is 1. The maximum atomic E-state index is 10.9. The number of fused-ring (bicyclic) bond motifs is 1. The summed E-state index contributed by atoms with van der Waals surface area (Å²) in [6.07, 6.45) is 2.51. The van der Waals surface area contributed by atoms with E-state index in [1.807, 2.05) is 6.92 Å². The van der Waals surface area contributed by atoms with Crippen LogP contribution in [0.3, 0.4) is 0 Å². The molecule has 0 aliphatic rings. The number of H-pyrrole nitrogens is 1. The second kappa shape index (κ2) is 3.46. The lowest BCUT2D eigenvalue weighted by Gasteiger charge is -2.07.